The van der Waals surface area contributed by atoms with Crippen LogP contribution in [0.3, 0.4) is 0 Å². The summed E-state index contributed by atoms with van der Waals surface area (Å²) in [5, 5.41) is 6.16. The minimum atomic E-state index is 0.0601. The van der Waals surface area contributed by atoms with Gasteiger partial charge < -0.3 is 15.5 Å². The third kappa shape index (κ3) is 4.17. The van der Waals surface area contributed by atoms with Gasteiger partial charge in [-0.3, -0.25) is 4.79 Å². The summed E-state index contributed by atoms with van der Waals surface area (Å²) in [7, 11) is 0. The first-order valence-electron chi connectivity index (χ1n) is 7.40. The number of nitrogens with zero attached hydrogens (tertiary/aromatic N) is 4. The van der Waals surface area contributed by atoms with Crippen LogP contribution in [0.4, 0.5) is 11.9 Å². The van der Waals surface area contributed by atoms with Crippen LogP contribution in [0, 0.1) is 0 Å². The van der Waals surface area contributed by atoms with Crippen LogP contribution in [0.2, 0.25) is 5.28 Å². The van der Waals surface area contributed by atoms with E-state index in [-0.39, 0.29) is 11.2 Å². The van der Waals surface area contributed by atoms with Gasteiger partial charge >= 0.3 is 0 Å². The molecule has 0 atom stereocenters. The summed E-state index contributed by atoms with van der Waals surface area (Å²) in [4.78, 5) is 26.3. The molecule has 1 aromatic rings. The molecule has 8 heteroatoms. The van der Waals surface area contributed by atoms with Gasteiger partial charge in [0.1, 0.15) is 0 Å². The summed E-state index contributed by atoms with van der Waals surface area (Å²) in [6, 6.07) is 0.394. The van der Waals surface area contributed by atoms with Crippen molar-refractivity contribution in [2.45, 2.75) is 38.1 Å². The van der Waals surface area contributed by atoms with Crippen molar-refractivity contribution >= 4 is 29.4 Å². The fraction of sp³-hybridized carbons (Fsp3) is 0.692. The highest BCUT2D eigenvalue weighted by Crippen LogP contribution is 2.19. The quantitative estimate of drug-likeness (QED) is 0.821. The van der Waals surface area contributed by atoms with E-state index in [1.54, 1.807) is 0 Å². The van der Waals surface area contributed by atoms with Crippen molar-refractivity contribution in [3.8, 4) is 0 Å². The van der Waals surface area contributed by atoms with Crippen LogP contribution in [-0.2, 0) is 4.79 Å². The fourth-order valence-corrected chi connectivity index (χ4v) is 2.45. The smallest absolute Gasteiger partial charge is 0.231 e. The van der Waals surface area contributed by atoms with Crippen LogP contribution in [0.15, 0.2) is 0 Å². The third-order valence-electron chi connectivity index (χ3n) is 3.56. The average molecular weight is 311 g/mol. The molecule has 3 rings (SSSR count). The topological polar surface area (TPSA) is 83.0 Å². The Hall–Kier alpha value is -1.63. The molecule has 114 valence electrons. The number of hydrogen-bond acceptors (Lipinski definition) is 6. The summed E-state index contributed by atoms with van der Waals surface area (Å²) in [5.74, 6) is 1.10. The van der Waals surface area contributed by atoms with Crippen molar-refractivity contribution < 1.29 is 4.79 Å². The van der Waals surface area contributed by atoms with Gasteiger partial charge in [-0.1, -0.05) is 0 Å². The highest BCUT2D eigenvalue weighted by molar-refractivity contribution is 6.28. The van der Waals surface area contributed by atoms with E-state index in [1.165, 1.54) is 0 Å². The molecule has 0 aromatic carbocycles. The van der Waals surface area contributed by atoms with Gasteiger partial charge in [0.15, 0.2) is 0 Å². The number of amides is 1. The molecule has 1 aliphatic heterocycles. The number of rotatable bonds is 6. The highest BCUT2D eigenvalue weighted by atomic mass is 35.5. The molecule has 0 unspecified atom stereocenters. The summed E-state index contributed by atoms with van der Waals surface area (Å²) >= 11 is 5.94. The second-order valence-corrected chi connectivity index (χ2v) is 5.78. The molecule has 0 bridgehead atoms. The van der Waals surface area contributed by atoms with Gasteiger partial charge in [-0.2, -0.15) is 15.0 Å². The second-order valence-electron chi connectivity index (χ2n) is 5.44. The van der Waals surface area contributed by atoms with Crippen LogP contribution >= 0.6 is 11.6 Å². The van der Waals surface area contributed by atoms with Gasteiger partial charge in [0.25, 0.3) is 0 Å². The first-order chi connectivity index (χ1) is 10.2. The number of halogens is 1. The van der Waals surface area contributed by atoms with E-state index in [1.807, 2.05) is 0 Å². The normalized spacial score (nSPS) is 17.9. The van der Waals surface area contributed by atoms with Gasteiger partial charge in [0.05, 0.1) is 0 Å². The van der Waals surface area contributed by atoms with E-state index in [0.29, 0.717) is 30.9 Å². The molecule has 1 aromatic heterocycles. The van der Waals surface area contributed by atoms with Crippen LogP contribution in [-0.4, -0.2) is 46.5 Å². The van der Waals surface area contributed by atoms with Crippen molar-refractivity contribution in [1.82, 2.24) is 20.3 Å². The first kappa shape index (κ1) is 14.3. The Bertz CT molecular complexity index is 515. The molecule has 1 saturated carbocycles. The number of nitrogens with one attached hydrogen (secondary N) is 2. The lowest BCUT2D eigenvalue weighted by Crippen LogP contribution is -2.27. The highest BCUT2D eigenvalue weighted by Gasteiger charge is 2.23. The van der Waals surface area contributed by atoms with E-state index in [0.717, 1.165) is 38.8 Å². The van der Waals surface area contributed by atoms with E-state index < -0.39 is 0 Å². The molecule has 1 saturated heterocycles. The van der Waals surface area contributed by atoms with E-state index >= 15 is 0 Å². The summed E-state index contributed by atoms with van der Waals surface area (Å²) in [6.45, 7) is 2.38. The van der Waals surface area contributed by atoms with Crippen molar-refractivity contribution in [2.75, 3.05) is 29.9 Å². The number of carbonyl (C=O) groups excluding carboxylic acids is 1. The minimum Gasteiger partial charge on any atom is -0.354 e. The lowest BCUT2D eigenvalue weighted by atomic mass is 10.4. The molecule has 21 heavy (non-hydrogen) atoms. The van der Waals surface area contributed by atoms with Crippen molar-refractivity contribution in [3.63, 3.8) is 0 Å². The minimum absolute atomic E-state index is 0.0601. The van der Waals surface area contributed by atoms with Crippen LogP contribution in [0.5, 0.6) is 0 Å². The molecular formula is C13H19ClN6O. The molecular weight excluding hydrogens is 292 g/mol. The molecule has 0 radical (unpaired) electrons. The standard InChI is InChI=1S/C13H19ClN6O/c14-11-17-12(15-6-5-10(21)16-9-3-4-9)19-13(18-11)20-7-1-2-8-20/h9H,1-8H2,(H,16,21)(H,15,17,18,19). The Morgan fingerprint density at radius 3 is 2.71 bits per heavy atom. The largest absolute Gasteiger partial charge is 0.354 e. The van der Waals surface area contributed by atoms with Crippen molar-refractivity contribution in [2.24, 2.45) is 0 Å². The molecule has 2 aliphatic rings. The monoisotopic (exact) mass is 310 g/mol. The fourth-order valence-electron chi connectivity index (χ4n) is 2.29. The number of carbonyl (C=O) groups is 1. The molecule has 0 spiro atoms. The molecule has 1 aliphatic carbocycles. The average Bonchev–Trinajstić information content (AvgIpc) is 3.08. The lowest BCUT2D eigenvalue weighted by Gasteiger charge is -2.15. The van der Waals surface area contributed by atoms with Crippen LogP contribution in [0.1, 0.15) is 32.1 Å². The van der Waals surface area contributed by atoms with Crippen LogP contribution in [0.25, 0.3) is 0 Å². The Morgan fingerprint density at radius 1 is 1.24 bits per heavy atom. The summed E-state index contributed by atoms with van der Waals surface area (Å²) in [5.41, 5.74) is 0. The predicted molar refractivity (Wildman–Crippen MR) is 80.6 cm³/mol. The molecule has 1 amide bonds. The zero-order chi connectivity index (χ0) is 14.7. The summed E-state index contributed by atoms with van der Waals surface area (Å²) in [6.07, 6.45) is 4.89. The maximum atomic E-state index is 11.6. The second kappa shape index (κ2) is 6.43. The zero-order valence-electron chi connectivity index (χ0n) is 11.8. The Labute approximate surface area is 128 Å². The predicted octanol–water partition coefficient (Wildman–Crippen LogP) is 1.21. The van der Waals surface area contributed by atoms with Gasteiger partial charge in [-0.15, -0.1) is 0 Å². The van der Waals surface area contributed by atoms with E-state index in [9.17, 15) is 4.79 Å². The van der Waals surface area contributed by atoms with Gasteiger partial charge in [0, 0.05) is 32.1 Å². The van der Waals surface area contributed by atoms with Gasteiger partial charge in [-0.05, 0) is 37.3 Å². The molecule has 2 heterocycles. The van der Waals surface area contributed by atoms with Crippen LogP contribution < -0.4 is 15.5 Å². The number of anilines is 2. The van der Waals surface area contributed by atoms with E-state index in [2.05, 4.69) is 30.5 Å². The van der Waals surface area contributed by atoms with Crippen molar-refractivity contribution in [1.29, 1.82) is 0 Å². The van der Waals surface area contributed by atoms with Gasteiger partial charge in [0.2, 0.25) is 23.1 Å². The first-order valence-corrected chi connectivity index (χ1v) is 7.78. The zero-order valence-corrected chi connectivity index (χ0v) is 12.6. The molecule has 7 nitrogen and oxygen atoms in total. The third-order valence-corrected chi connectivity index (χ3v) is 3.73. The van der Waals surface area contributed by atoms with Crippen molar-refractivity contribution in [3.05, 3.63) is 5.28 Å². The molecule has 2 fully saturated rings. The number of aromatic nitrogens is 3. The maximum absolute atomic E-state index is 11.6. The maximum Gasteiger partial charge on any atom is 0.231 e. The molecule has 2 N–H and O–H groups in total. The van der Waals surface area contributed by atoms with Gasteiger partial charge in [-0.25, -0.2) is 0 Å². The van der Waals surface area contributed by atoms with E-state index in [4.69, 9.17) is 11.6 Å². The Morgan fingerprint density at radius 2 is 2.00 bits per heavy atom. The number of hydrogen-bond donors (Lipinski definition) is 2. The summed E-state index contributed by atoms with van der Waals surface area (Å²) < 4.78 is 0. The lowest BCUT2D eigenvalue weighted by molar-refractivity contribution is -0.120. The Balaban J connectivity index is 1.53. The Kier molecular flexibility index (Phi) is 4.38. The SMILES string of the molecule is O=C(CCNc1nc(Cl)nc(N2CCCC2)n1)NC1CC1.